The van der Waals surface area contributed by atoms with Crippen molar-refractivity contribution < 1.29 is 14.4 Å². The van der Waals surface area contributed by atoms with Gasteiger partial charge in [0.05, 0.1) is 6.42 Å². The van der Waals surface area contributed by atoms with Crippen LogP contribution in [-0.2, 0) is 14.4 Å². The molecule has 0 aromatic carbocycles. The van der Waals surface area contributed by atoms with Crippen molar-refractivity contribution >= 4 is 17.6 Å². The zero-order valence-electron chi connectivity index (χ0n) is 7.63. The van der Waals surface area contributed by atoms with Gasteiger partial charge in [0.25, 0.3) is 0 Å². The van der Waals surface area contributed by atoms with Crippen LogP contribution >= 0.6 is 0 Å². The molecule has 0 radical (unpaired) electrons. The third-order valence-corrected chi connectivity index (χ3v) is 1.33. The number of nitrogens with two attached hydrogens (primary N) is 1. The van der Waals surface area contributed by atoms with Gasteiger partial charge in [0.2, 0.25) is 11.8 Å². The first kappa shape index (κ1) is 11.6. The van der Waals surface area contributed by atoms with Gasteiger partial charge in [-0.1, -0.05) is 0 Å². The number of carbonyl (C=O) groups excluding carboxylic acids is 3. The van der Waals surface area contributed by atoms with Crippen molar-refractivity contribution in [2.75, 3.05) is 6.54 Å². The molecule has 0 spiro atoms. The molecule has 0 fully saturated rings. The Kier molecular flexibility index (Phi) is 5.50. The summed E-state index contributed by atoms with van der Waals surface area (Å²) in [6.45, 7) is 1.73. The summed E-state index contributed by atoms with van der Waals surface area (Å²) in [7, 11) is 0. The van der Waals surface area contributed by atoms with Gasteiger partial charge in [-0.15, -0.1) is 0 Å². The average molecular weight is 186 g/mol. The summed E-state index contributed by atoms with van der Waals surface area (Å²) in [5.41, 5.74) is 4.88. The Bertz CT molecular complexity index is 213. The second-order valence-electron chi connectivity index (χ2n) is 2.80. The summed E-state index contributed by atoms with van der Waals surface area (Å²) in [6, 6.07) is 0. The van der Waals surface area contributed by atoms with Crippen molar-refractivity contribution in [1.29, 1.82) is 0 Å². The normalized spacial score (nSPS) is 9.31. The number of amides is 2. The Balaban J connectivity index is 3.37. The second-order valence-corrected chi connectivity index (χ2v) is 2.80. The molecule has 0 aliphatic rings. The molecular formula is C8H14N2O3. The highest BCUT2D eigenvalue weighted by Gasteiger charge is 2.03. The van der Waals surface area contributed by atoms with Crippen molar-refractivity contribution in [3.63, 3.8) is 0 Å². The average Bonchev–Trinajstić information content (AvgIpc) is 1.96. The van der Waals surface area contributed by atoms with E-state index in [-0.39, 0.29) is 30.4 Å². The van der Waals surface area contributed by atoms with Crippen LogP contribution < -0.4 is 11.1 Å². The summed E-state index contributed by atoms with van der Waals surface area (Å²) in [5, 5.41) is 2.50. The van der Waals surface area contributed by atoms with E-state index >= 15 is 0 Å². The minimum absolute atomic E-state index is 0.101. The monoisotopic (exact) mass is 186 g/mol. The maximum atomic E-state index is 10.9. The van der Waals surface area contributed by atoms with Gasteiger partial charge in [-0.3, -0.25) is 14.4 Å². The number of rotatable bonds is 6. The quantitative estimate of drug-likeness (QED) is 0.426. The first-order chi connectivity index (χ1) is 6.02. The van der Waals surface area contributed by atoms with E-state index in [1.807, 2.05) is 0 Å². The number of primary amides is 1. The molecule has 13 heavy (non-hydrogen) atoms. The lowest BCUT2D eigenvalue weighted by molar-refractivity contribution is -0.127. The molecule has 0 aromatic rings. The Morgan fingerprint density at radius 2 is 1.92 bits per heavy atom. The van der Waals surface area contributed by atoms with Crippen molar-refractivity contribution in [1.82, 2.24) is 5.32 Å². The predicted molar refractivity (Wildman–Crippen MR) is 46.7 cm³/mol. The van der Waals surface area contributed by atoms with E-state index in [0.717, 1.165) is 0 Å². The third kappa shape index (κ3) is 8.52. The van der Waals surface area contributed by atoms with Crippen LogP contribution in [0.5, 0.6) is 0 Å². The van der Waals surface area contributed by atoms with Gasteiger partial charge >= 0.3 is 0 Å². The standard InChI is InChI=1S/C8H14N2O3/c1-6(11)5-8(13)10-4-2-3-7(9)12/h2-5H2,1H3,(H2,9,12)(H,10,13). The third-order valence-electron chi connectivity index (χ3n) is 1.33. The lowest BCUT2D eigenvalue weighted by Crippen LogP contribution is -2.26. The Morgan fingerprint density at radius 3 is 2.38 bits per heavy atom. The maximum absolute atomic E-state index is 10.9. The van der Waals surface area contributed by atoms with E-state index in [2.05, 4.69) is 5.32 Å². The van der Waals surface area contributed by atoms with Crippen LogP contribution in [0, 0.1) is 0 Å². The first-order valence-electron chi connectivity index (χ1n) is 4.07. The van der Waals surface area contributed by atoms with Crippen molar-refractivity contribution in [3.05, 3.63) is 0 Å². The summed E-state index contributed by atoms with van der Waals surface area (Å²) in [5.74, 6) is -0.870. The lowest BCUT2D eigenvalue weighted by Gasteiger charge is -2.01. The molecule has 0 aromatic heterocycles. The lowest BCUT2D eigenvalue weighted by atomic mass is 10.2. The molecule has 0 heterocycles. The molecule has 0 saturated heterocycles. The number of hydrogen-bond acceptors (Lipinski definition) is 3. The van der Waals surface area contributed by atoms with Crippen LogP contribution in [0.4, 0.5) is 0 Å². The van der Waals surface area contributed by atoms with Crippen molar-refractivity contribution in [3.8, 4) is 0 Å². The Labute approximate surface area is 76.7 Å². The molecule has 0 atom stereocenters. The van der Waals surface area contributed by atoms with E-state index in [1.54, 1.807) is 0 Å². The Morgan fingerprint density at radius 1 is 1.31 bits per heavy atom. The van der Waals surface area contributed by atoms with Gasteiger partial charge in [-0.25, -0.2) is 0 Å². The summed E-state index contributed by atoms with van der Waals surface area (Å²) < 4.78 is 0. The SMILES string of the molecule is CC(=O)CC(=O)NCCCC(N)=O. The van der Waals surface area contributed by atoms with E-state index < -0.39 is 0 Å². The van der Waals surface area contributed by atoms with Gasteiger partial charge in [0.1, 0.15) is 5.78 Å². The van der Waals surface area contributed by atoms with Crippen molar-refractivity contribution in [2.24, 2.45) is 5.73 Å². The molecule has 5 heteroatoms. The van der Waals surface area contributed by atoms with Gasteiger partial charge in [0, 0.05) is 13.0 Å². The molecule has 5 nitrogen and oxygen atoms in total. The van der Waals surface area contributed by atoms with E-state index in [0.29, 0.717) is 13.0 Å². The van der Waals surface area contributed by atoms with Crippen LogP contribution in [0.2, 0.25) is 0 Å². The number of hydrogen-bond donors (Lipinski definition) is 2. The highest BCUT2D eigenvalue weighted by Crippen LogP contribution is 1.86. The first-order valence-corrected chi connectivity index (χ1v) is 4.07. The van der Waals surface area contributed by atoms with Crippen LogP contribution in [0.25, 0.3) is 0 Å². The highest BCUT2D eigenvalue weighted by molar-refractivity contribution is 5.96. The van der Waals surface area contributed by atoms with Gasteiger partial charge in [-0.05, 0) is 13.3 Å². The fraction of sp³-hybridized carbons (Fsp3) is 0.625. The number of Topliss-reactive ketones (excluding diaryl/α,β-unsaturated/α-hetero) is 1. The second kappa shape index (κ2) is 6.16. The molecule has 0 saturated carbocycles. The Hall–Kier alpha value is -1.39. The van der Waals surface area contributed by atoms with Crippen molar-refractivity contribution in [2.45, 2.75) is 26.2 Å². The molecule has 0 aliphatic heterocycles. The van der Waals surface area contributed by atoms with E-state index in [9.17, 15) is 14.4 Å². The zero-order valence-corrected chi connectivity index (χ0v) is 7.63. The molecular weight excluding hydrogens is 172 g/mol. The molecule has 3 N–H and O–H groups in total. The van der Waals surface area contributed by atoms with Crippen LogP contribution in [0.15, 0.2) is 0 Å². The van der Waals surface area contributed by atoms with Crippen LogP contribution in [0.1, 0.15) is 26.2 Å². The van der Waals surface area contributed by atoms with Gasteiger partial charge in [0.15, 0.2) is 0 Å². The topological polar surface area (TPSA) is 89.3 Å². The number of ketones is 1. The number of nitrogens with one attached hydrogen (secondary N) is 1. The fourth-order valence-electron chi connectivity index (χ4n) is 0.779. The maximum Gasteiger partial charge on any atom is 0.227 e. The smallest absolute Gasteiger partial charge is 0.227 e. The fourth-order valence-corrected chi connectivity index (χ4v) is 0.779. The molecule has 0 unspecified atom stereocenters. The number of carbonyl (C=O) groups is 3. The van der Waals surface area contributed by atoms with Gasteiger partial charge in [-0.2, -0.15) is 0 Å². The van der Waals surface area contributed by atoms with Crippen LogP contribution in [-0.4, -0.2) is 24.1 Å². The largest absolute Gasteiger partial charge is 0.370 e. The molecule has 74 valence electrons. The zero-order chi connectivity index (χ0) is 10.3. The summed E-state index contributed by atoms with van der Waals surface area (Å²) in [6.07, 6.45) is 0.663. The molecule has 0 bridgehead atoms. The minimum atomic E-state index is -0.388. The predicted octanol–water partition coefficient (Wildman–Crippen LogP) is -0.653. The summed E-state index contributed by atoms with van der Waals surface area (Å²) in [4.78, 5) is 31.6. The van der Waals surface area contributed by atoms with E-state index in [4.69, 9.17) is 5.73 Å². The molecule has 2 amide bonds. The van der Waals surface area contributed by atoms with E-state index in [1.165, 1.54) is 6.92 Å². The molecule has 0 aliphatic carbocycles. The van der Waals surface area contributed by atoms with Crippen LogP contribution in [0.3, 0.4) is 0 Å². The van der Waals surface area contributed by atoms with Gasteiger partial charge < -0.3 is 11.1 Å². The molecule has 0 rings (SSSR count). The highest BCUT2D eigenvalue weighted by atomic mass is 16.2. The minimum Gasteiger partial charge on any atom is -0.370 e. The summed E-state index contributed by atoms with van der Waals surface area (Å²) >= 11 is 0.